The number of hydrogen-bond donors (Lipinski definition) is 1. The van der Waals surface area contributed by atoms with Gasteiger partial charge in [0.25, 0.3) is 0 Å². The van der Waals surface area contributed by atoms with E-state index in [0.717, 1.165) is 0 Å². The summed E-state index contributed by atoms with van der Waals surface area (Å²) in [5, 5.41) is 20.0. The Bertz CT molecular complexity index is 441. The number of nitrogens with one attached hydrogen (secondary N) is 1. The molecule has 0 fully saturated rings. The molecule has 1 aromatic rings. The van der Waals surface area contributed by atoms with Crippen molar-refractivity contribution >= 4 is 11.3 Å². The molecule has 1 N–H and O–H groups in total. The van der Waals surface area contributed by atoms with Crippen molar-refractivity contribution in [1.82, 2.24) is 5.32 Å². The Morgan fingerprint density at radius 3 is 2.60 bits per heavy atom. The molecule has 0 spiro atoms. The molecule has 0 unspecified atom stereocenters. The van der Waals surface area contributed by atoms with Crippen LogP contribution >= 0.6 is 11.3 Å². The molecule has 0 aliphatic carbocycles. The van der Waals surface area contributed by atoms with Crippen LogP contribution in [0.3, 0.4) is 0 Å². The number of nitriles is 2. The van der Waals surface area contributed by atoms with Gasteiger partial charge in [0.2, 0.25) is 0 Å². The number of thiophene rings is 1. The van der Waals surface area contributed by atoms with Gasteiger partial charge in [0.15, 0.2) is 0 Å². The number of hydrogen-bond acceptors (Lipinski definition) is 4. The van der Waals surface area contributed by atoms with Gasteiger partial charge in [-0.25, -0.2) is 0 Å². The molecule has 0 aliphatic rings. The summed E-state index contributed by atoms with van der Waals surface area (Å²) in [6, 6.07) is 5.72. The predicted molar refractivity (Wildman–Crippen MR) is 59.9 cm³/mol. The number of rotatable bonds is 3. The molecule has 0 radical (unpaired) electrons. The van der Waals surface area contributed by atoms with Crippen LogP contribution in [0.25, 0.3) is 0 Å². The van der Waals surface area contributed by atoms with Gasteiger partial charge in [-0.15, -0.1) is 11.3 Å². The van der Waals surface area contributed by atoms with E-state index in [0.29, 0.717) is 6.54 Å². The van der Waals surface area contributed by atoms with Crippen molar-refractivity contribution in [3.8, 4) is 12.1 Å². The van der Waals surface area contributed by atoms with E-state index in [1.807, 2.05) is 0 Å². The lowest BCUT2D eigenvalue weighted by Crippen LogP contribution is -2.04. The minimum absolute atomic E-state index is 0.0981. The number of aryl methyl sites for hydroxylation is 2. The lowest BCUT2D eigenvalue weighted by Gasteiger charge is -1.98. The van der Waals surface area contributed by atoms with Crippen LogP contribution in [-0.4, -0.2) is 0 Å². The molecule has 0 saturated carbocycles. The average molecular weight is 217 g/mol. The van der Waals surface area contributed by atoms with Gasteiger partial charge in [-0.1, -0.05) is 0 Å². The monoisotopic (exact) mass is 217 g/mol. The lowest BCUT2D eigenvalue weighted by atomic mass is 10.2. The van der Waals surface area contributed by atoms with Gasteiger partial charge in [-0.2, -0.15) is 10.5 Å². The van der Waals surface area contributed by atoms with E-state index in [4.69, 9.17) is 10.5 Å². The molecule has 0 bridgehead atoms. The Labute approximate surface area is 93.3 Å². The molecule has 15 heavy (non-hydrogen) atoms. The Morgan fingerprint density at radius 1 is 1.47 bits per heavy atom. The lowest BCUT2D eigenvalue weighted by molar-refractivity contribution is 0.877. The van der Waals surface area contributed by atoms with Gasteiger partial charge >= 0.3 is 0 Å². The number of allylic oxidation sites excluding steroid dienone is 1. The third-order valence-electron chi connectivity index (χ3n) is 1.89. The zero-order valence-electron chi connectivity index (χ0n) is 8.66. The van der Waals surface area contributed by atoms with E-state index in [9.17, 15) is 0 Å². The first-order valence-corrected chi connectivity index (χ1v) is 5.28. The van der Waals surface area contributed by atoms with Crippen LogP contribution in [0.1, 0.15) is 15.3 Å². The average Bonchev–Trinajstić information content (AvgIpc) is 2.52. The van der Waals surface area contributed by atoms with E-state index in [-0.39, 0.29) is 5.57 Å². The maximum absolute atomic E-state index is 8.50. The van der Waals surface area contributed by atoms with Gasteiger partial charge in [0.1, 0.15) is 17.7 Å². The quantitative estimate of drug-likeness (QED) is 0.791. The summed E-state index contributed by atoms with van der Waals surface area (Å²) in [7, 11) is 0. The summed E-state index contributed by atoms with van der Waals surface area (Å²) in [5.41, 5.74) is 1.34. The Morgan fingerprint density at radius 2 is 2.13 bits per heavy atom. The molecule has 1 rings (SSSR count). The van der Waals surface area contributed by atoms with Crippen LogP contribution in [0.2, 0.25) is 0 Å². The van der Waals surface area contributed by atoms with Gasteiger partial charge in [-0.05, 0) is 25.5 Å². The summed E-state index contributed by atoms with van der Waals surface area (Å²) in [6.07, 6.45) is 1.45. The summed E-state index contributed by atoms with van der Waals surface area (Å²) in [6.45, 7) is 4.78. The largest absolute Gasteiger partial charge is 0.384 e. The fraction of sp³-hybridized carbons (Fsp3) is 0.273. The van der Waals surface area contributed by atoms with E-state index >= 15 is 0 Å². The highest BCUT2D eigenvalue weighted by atomic mass is 32.1. The van der Waals surface area contributed by atoms with Gasteiger partial charge < -0.3 is 5.32 Å². The fourth-order valence-corrected chi connectivity index (χ4v) is 2.20. The summed E-state index contributed by atoms with van der Waals surface area (Å²) in [4.78, 5) is 2.51. The van der Waals surface area contributed by atoms with Crippen LogP contribution in [0, 0.1) is 36.5 Å². The van der Waals surface area contributed by atoms with Crippen molar-refractivity contribution in [1.29, 1.82) is 10.5 Å². The highest BCUT2D eigenvalue weighted by Gasteiger charge is 2.01. The molecule has 1 heterocycles. The second-order valence-corrected chi connectivity index (χ2v) is 4.47. The predicted octanol–water partition coefficient (Wildman–Crippen LogP) is 2.39. The van der Waals surface area contributed by atoms with E-state index < -0.39 is 0 Å². The summed E-state index contributed by atoms with van der Waals surface area (Å²) in [5.74, 6) is 0. The molecular weight excluding hydrogens is 206 g/mol. The first kappa shape index (κ1) is 11.3. The molecule has 0 amide bonds. The second-order valence-electron chi connectivity index (χ2n) is 3.13. The van der Waals surface area contributed by atoms with Crippen LogP contribution < -0.4 is 5.32 Å². The molecule has 0 aliphatic heterocycles. The molecule has 4 heteroatoms. The van der Waals surface area contributed by atoms with Crippen molar-refractivity contribution in [2.75, 3.05) is 0 Å². The van der Waals surface area contributed by atoms with Crippen molar-refractivity contribution in [2.45, 2.75) is 20.4 Å². The molecule has 0 saturated heterocycles. The zero-order valence-corrected chi connectivity index (χ0v) is 9.48. The van der Waals surface area contributed by atoms with E-state index in [1.165, 1.54) is 21.5 Å². The van der Waals surface area contributed by atoms with Gasteiger partial charge in [0.05, 0.1) is 0 Å². The van der Waals surface area contributed by atoms with Crippen LogP contribution in [-0.2, 0) is 6.54 Å². The molecule has 1 aromatic heterocycles. The highest BCUT2D eigenvalue weighted by molar-refractivity contribution is 7.12. The van der Waals surface area contributed by atoms with E-state index in [2.05, 4.69) is 25.2 Å². The Balaban J connectivity index is 2.60. The fourth-order valence-electron chi connectivity index (χ4n) is 1.20. The van der Waals surface area contributed by atoms with Crippen LogP contribution in [0.5, 0.6) is 0 Å². The topological polar surface area (TPSA) is 59.6 Å². The van der Waals surface area contributed by atoms with Gasteiger partial charge in [0, 0.05) is 22.5 Å². The molecular formula is C11H11N3S. The minimum atomic E-state index is 0.0981. The second kappa shape index (κ2) is 5.19. The maximum Gasteiger partial charge on any atom is 0.145 e. The maximum atomic E-state index is 8.50. The van der Waals surface area contributed by atoms with Crippen LogP contribution in [0.15, 0.2) is 17.8 Å². The minimum Gasteiger partial charge on any atom is -0.384 e. The zero-order chi connectivity index (χ0) is 11.3. The SMILES string of the molecule is Cc1cc(C)c(CNC=C(C#N)C#N)s1. The van der Waals surface area contributed by atoms with Crippen LogP contribution in [0.4, 0.5) is 0 Å². The normalized spacial score (nSPS) is 8.80. The summed E-state index contributed by atoms with van der Waals surface area (Å²) >= 11 is 1.72. The Kier molecular flexibility index (Phi) is 3.91. The standard InChI is InChI=1S/C11H11N3S/c1-8-3-9(2)15-11(8)7-14-6-10(4-12)5-13/h3,6,14H,7H2,1-2H3. The smallest absolute Gasteiger partial charge is 0.145 e. The van der Waals surface area contributed by atoms with Crippen molar-refractivity contribution in [2.24, 2.45) is 0 Å². The van der Waals surface area contributed by atoms with E-state index in [1.54, 1.807) is 23.5 Å². The molecule has 3 nitrogen and oxygen atoms in total. The highest BCUT2D eigenvalue weighted by Crippen LogP contribution is 2.20. The number of nitrogens with zero attached hydrogens (tertiary/aromatic N) is 2. The first-order valence-electron chi connectivity index (χ1n) is 4.47. The van der Waals surface area contributed by atoms with Crippen molar-refractivity contribution in [3.05, 3.63) is 33.2 Å². The van der Waals surface area contributed by atoms with Crippen molar-refractivity contribution < 1.29 is 0 Å². The van der Waals surface area contributed by atoms with Gasteiger partial charge in [-0.3, -0.25) is 0 Å². The summed E-state index contributed by atoms with van der Waals surface area (Å²) < 4.78 is 0. The third kappa shape index (κ3) is 3.12. The molecule has 76 valence electrons. The molecule has 0 atom stereocenters. The third-order valence-corrected chi connectivity index (χ3v) is 3.05. The Hall–Kier alpha value is -1.78. The molecule has 0 aromatic carbocycles. The van der Waals surface area contributed by atoms with Crippen molar-refractivity contribution in [3.63, 3.8) is 0 Å². The first-order chi connectivity index (χ1) is 7.17.